The van der Waals surface area contributed by atoms with Gasteiger partial charge in [-0.1, -0.05) is 14.4 Å². The minimum absolute atomic E-state index is 0. The van der Waals surface area contributed by atoms with E-state index in [1.807, 2.05) is 19.9 Å². The molecule has 2 aliphatic carbocycles. The summed E-state index contributed by atoms with van der Waals surface area (Å²) in [5, 5.41) is 24.2. The number of hydrogen-bond donors (Lipinski definition) is 1. The molecule has 0 unspecified atom stereocenters. The third-order valence-electron chi connectivity index (χ3n) is 2.94. The van der Waals surface area contributed by atoms with Crippen molar-refractivity contribution < 1.29 is 124 Å². The zero-order chi connectivity index (χ0) is 13.5. The average Bonchev–Trinajstić information content (AvgIpc) is 3.21. The van der Waals surface area contributed by atoms with E-state index < -0.39 is 5.97 Å². The van der Waals surface area contributed by atoms with Crippen LogP contribution in [0.1, 0.15) is 60.3 Å². The van der Waals surface area contributed by atoms with Gasteiger partial charge < -0.3 is 16.1 Å². The van der Waals surface area contributed by atoms with Crippen LogP contribution in [0.25, 0.3) is 0 Å². The number of nitriles is 2. The molecule has 0 aromatic carbocycles. The molecule has 2 fully saturated rings. The molecule has 0 aromatic rings. The zero-order valence-corrected chi connectivity index (χ0v) is 19.9. The fraction of sp³-hybridized carbons (Fsp3) is 0.786. The molecule has 0 atom stereocenters. The SMILES string of the molecule is C.CC1(C#N)CC1.CC1(C(=O)O)CC1.CCC#N.[K+].[K+].[OH-].[OH-]. The van der Waals surface area contributed by atoms with E-state index in [2.05, 4.69) is 6.07 Å². The molecule has 0 saturated heterocycles. The molecule has 118 valence electrons. The molecule has 2 saturated carbocycles. The van der Waals surface area contributed by atoms with Crippen LogP contribution < -0.4 is 103 Å². The smallest absolute Gasteiger partial charge is 0.870 e. The molecule has 0 aliphatic heterocycles. The van der Waals surface area contributed by atoms with Gasteiger partial charge >= 0.3 is 109 Å². The molecule has 0 radical (unpaired) electrons. The molecular formula is C14H26K2N2O4. The average molecular weight is 365 g/mol. The van der Waals surface area contributed by atoms with Gasteiger partial charge in [-0.05, 0) is 39.5 Å². The van der Waals surface area contributed by atoms with Crippen LogP contribution in [0.4, 0.5) is 0 Å². The van der Waals surface area contributed by atoms with Gasteiger partial charge in [0, 0.05) is 6.42 Å². The van der Waals surface area contributed by atoms with Crippen molar-refractivity contribution in [1.82, 2.24) is 0 Å². The van der Waals surface area contributed by atoms with Crippen molar-refractivity contribution in [2.75, 3.05) is 0 Å². The summed E-state index contributed by atoms with van der Waals surface area (Å²) in [6.07, 6.45) is 4.58. The Morgan fingerprint density at radius 3 is 1.41 bits per heavy atom. The summed E-state index contributed by atoms with van der Waals surface area (Å²) in [6.45, 7) is 5.59. The van der Waals surface area contributed by atoms with Crippen molar-refractivity contribution in [1.29, 1.82) is 10.5 Å². The molecule has 0 spiro atoms. The number of carboxylic acid groups (broad SMARTS) is 1. The predicted molar refractivity (Wildman–Crippen MR) is 74.4 cm³/mol. The minimum atomic E-state index is -0.646. The van der Waals surface area contributed by atoms with Gasteiger partial charge in [0.05, 0.1) is 23.0 Å². The zero-order valence-electron chi connectivity index (χ0n) is 13.7. The van der Waals surface area contributed by atoms with E-state index >= 15 is 0 Å². The van der Waals surface area contributed by atoms with Crippen LogP contribution in [0.5, 0.6) is 0 Å². The van der Waals surface area contributed by atoms with E-state index in [1.54, 1.807) is 6.92 Å². The second-order valence-corrected chi connectivity index (χ2v) is 5.05. The van der Waals surface area contributed by atoms with Crippen molar-refractivity contribution in [2.24, 2.45) is 10.8 Å². The van der Waals surface area contributed by atoms with Crippen LogP contribution in [0.15, 0.2) is 0 Å². The minimum Gasteiger partial charge on any atom is -0.870 e. The van der Waals surface area contributed by atoms with Crippen LogP contribution in [0.2, 0.25) is 0 Å². The first-order valence-electron chi connectivity index (χ1n) is 5.85. The molecule has 0 amide bonds. The van der Waals surface area contributed by atoms with Crippen LogP contribution in [0, 0.1) is 33.5 Å². The fourth-order valence-corrected chi connectivity index (χ4v) is 0.701. The number of carboxylic acids is 1. The third kappa shape index (κ3) is 19.7. The number of rotatable bonds is 1. The van der Waals surface area contributed by atoms with Crippen LogP contribution >= 0.6 is 0 Å². The quantitative estimate of drug-likeness (QED) is 0.505. The number of nitrogens with zero attached hydrogens (tertiary/aromatic N) is 2. The van der Waals surface area contributed by atoms with Crippen molar-refractivity contribution in [3.05, 3.63) is 0 Å². The Morgan fingerprint density at radius 2 is 1.41 bits per heavy atom. The van der Waals surface area contributed by atoms with Crippen molar-refractivity contribution in [3.8, 4) is 12.1 Å². The maximum atomic E-state index is 10.1. The normalized spacial score (nSPS) is 15.5. The molecule has 8 heteroatoms. The molecule has 3 N–H and O–H groups in total. The van der Waals surface area contributed by atoms with Gasteiger partial charge in [-0.25, -0.2) is 0 Å². The van der Waals surface area contributed by atoms with Crippen molar-refractivity contribution >= 4 is 5.97 Å². The fourth-order valence-electron chi connectivity index (χ4n) is 0.701. The second-order valence-electron chi connectivity index (χ2n) is 5.05. The van der Waals surface area contributed by atoms with Gasteiger partial charge in [0.2, 0.25) is 0 Å². The Morgan fingerprint density at radius 1 is 1.09 bits per heavy atom. The van der Waals surface area contributed by atoms with Gasteiger partial charge in [-0.3, -0.25) is 4.79 Å². The van der Waals surface area contributed by atoms with Gasteiger partial charge in [0.25, 0.3) is 0 Å². The first kappa shape index (κ1) is 38.9. The van der Waals surface area contributed by atoms with Gasteiger partial charge in [0.15, 0.2) is 0 Å². The maximum absolute atomic E-state index is 10.1. The first-order valence-corrected chi connectivity index (χ1v) is 5.85. The Labute approximate surface area is 219 Å². The van der Waals surface area contributed by atoms with Crippen LogP contribution in [-0.4, -0.2) is 22.0 Å². The summed E-state index contributed by atoms with van der Waals surface area (Å²) in [4.78, 5) is 10.1. The summed E-state index contributed by atoms with van der Waals surface area (Å²) in [7, 11) is 0. The van der Waals surface area contributed by atoms with Crippen molar-refractivity contribution in [2.45, 2.75) is 60.3 Å². The second kappa shape index (κ2) is 19.0. The van der Waals surface area contributed by atoms with E-state index in [0.717, 1.165) is 25.7 Å². The first-order chi connectivity index (χ1) is 7.83. The Balaban J connectivity index is -0.0000000403. The van der Waals surface area contributed by atoms with Crippen LogP contribution in [-0.2, 0) is 4.79 Å². The van der Waals surface area contributed by atoms with Crippen LogP contribution in [0.3, 0.4) is 0 Å². The molecule has 6 nitrogen and oxygen atoms in total. The predicted octanol–water partition coefficient (Wildman–Crippen LogP) is -2.61. The molecule has 0 bridgehead atoms. The monoisotopic (exact) mass is 364 g/mol. The standard InChI is InChI=1S/C5H7N.C5H8O2.C3H5N.CH4.2K.2H2O/c1-5(4-6)2-3-5;1-5(2-3-5)4(6)7;1-2-3-4;;;;;/h2-3H2,1H3;2-3H2,1H3,(H,6,7);2H2,1H3;1H4;;;2*1H2/q;;;;2*+1;;/p-2. The number of aliphatic carboxylic acids is 1. The van der Waals surface area contributed by atoms with Gasteiger partial charge in [0.1, 0.15) is 0 Å². The summed E-state index contributed by atoms with van der Waals surface area (Å²) >= 11 is 0. The Hall–Kier alpha value is 1.64. The van der Waals surface area contributed by atoms with Gasteiger partial charge in [-0.2, -0.15) is 10.5 Å². The largest absolute Gasteiger partial charge is 1.00 e. The topological polar surface area (TPSA) is 145 Å². The Kier molecular flexibility index (Phi) is 33.6. The van der Waals surface area contributed by atoms with E-state index in [0.29, 0.717) is 6.42 Å². The number of hydrogen-bond acceptors (Lipinski definition) is 5. The van der Waals surface area contributed by atoms with E-state index in [9.17, 15) is 4.79 Å². The molecule has 0 heterocycles. The maximum Gasteiger partial charge on any atom is 1.00 e. The molecule has 2 rings (SSSR count). The summed E-state index contributed by atoms with van der Waals surface area (Å²) < 4.78 is 0. The molecule has 22 heavy (non-hydrogen) atoms. The summed E-state index contributed by atoms with van der Waals surface area (Å²) in [5.41, 5.74) is -0.236. The Bertz CT molecular complexity index is 357. The van der Waals surface area contributed by atoms with E-state index in [4.69, 9.17) is 15.6 Å². The van der Waals surface area contributed by atoms with E-state index in [-0.39, 0.29) is 132 Å². The number of carbonyl (C=O) groups is 1. The third-order valence-corrected chi connectivity index (χ3v) is 2.94. The molecule has 0 aromatic heterocycles. The summed E-state index contributed by atoms with van der Waals surface area (Å²) in [5.74, 6) is -0.646. The molecular weight excluding hydrogens is 338 g/mol. The van der Waals surface area contributed by atoms with Gasteiger partial charge in [-0.15, -0.1) is 0 Å². The van der Waals surface area contributed by atoms with E-state index in [1.165, 1.54) is 0 Å². The van der Waals surface area contributed by atoms with Crippen molar-refractivity contribution in [3.63, 3.8) is 0 Å². The molecule has 2 aliphatic rings. The summed E-state index contributed by atoms with van der Waals surface area (Å²) in [6, 6.07) is 4.15.